The van der Waals surface area contributed by atoms with Gasteiger partial charge in [0.1, 0.15) is 0 Å². The van der Waals surface area contributed by atoms with Crippen LogP contribution in [0.3, 0.4) is 0 Å². The van der Waals surface area contributed by atoms with E-state index in [-0.39, 0.29) is 18.0 Å². The predicted molar refractivity (Wildman–Crippen MR) is 71.4 cm³/mol. The summed E-state index contributed by atoms with van der Waals surface area (Å²) in [6, 6.07) is 8.91. The summed E-state index contributed by atoms with van der Waals surface area (Å²) in [6.07, 6.45) is 9.95. The summed E-state index contributed by atoms with van der Waals surface area (Å²) in [6.45, 7) is 0. The molecule has 0 aromatic heterocycles. The van der Waals surface area contributed by atoms with Crippen molar-refractivity contribution in [3.05, 3.63) is 71.8 Å². The molecule has 90 valence electrons. The molecule has 0 unspecified atom stereocenters. The van der Waals surface area contributed by atoms with E-state index in [2.05, 4.69) is 0 Å². The lowest BCUT2D eigenvalue weighted by molar-refractivity contribution is -0.114. The highest BCUT2D eigenvalue weighted by Crippen LogP contribution is 2.11. The Labute approximate surface area is 106 Å². The smallest absolute Gasteiger partial charge is 0.170 e. The minimum absolute atomic E-state index is 0.0693. The van der Waals surface area contributed by atoms with Crippen molar-refractivity contribution in [2.45, 2.75) is 12.8 Å². The van der Waals surface area contributed by atoms with Crippen LogP contribution in [0.4, 0.5) is 0 Å². The molecule has 0 fully saturated rings. The maximum atomic E-state index is 12.0. The number of Topliss-reactive ketones (excluding diaryl/α,β-unsaturated/α-hetero) is 2. The second kappa shape index (κ2) is 5.92. The third-order valence-corrected chi connectivity index (χ3v) is 2.74. The van der Waals surface area contributed by atoms with Gasteiger partial charge in [-0.1, -0.05) is 60.7 Å². The van der Waals surface area contributed by atoms with Gasteiger partial charge in [0.15, 0.2) is 11.6 Å². The van der Waals surface area contributed by atoms with Crippen LogP contribution in [-0.2, 0) is 4.79 Å². The SMILES string of the molecule is O=C(CC(=O)c1ccccc1)C1=CCC=CC=C1. The fourth-order valence-electron chi connectivity index (χ4n) is 1.76. The summed E-state index contributed by atoms with van der Waals surface area (Å²) in [5, 5.41) is 0. The lowest BCUT2D eigenvalue weighted by atomic mass is 10.0. The summed E-state index contributed by atoms with van der Waals surface area (Å²) in [4.78, 5) is 23.9. The van der Waals surface area contributed by atoms with Crippen LogP contribution in [0.5, 0.6) is 0 Å². The summed E-state index contributed by atoms with van der Waals surface area (Å²) in [7, 11) is 0. The number of ketones is 2. The van der Waals surface area contributed by atoms with E-state index in [0.717, 1.165) is 6.42 Å². The molecule has 2 nitrogen and oxygen atoms in total. The van der Waals surface area contributed by atoms with Gasteiger partial charge in [0.2, 0.25) is 0 Å². The van der Waals surface area contributed by atoms with Crippen LogP contribution in [0.2, 0.25) is 0 Å². The topological polar surface area (TPSA) is 34.1 Å². The molecule has 0 saturated carbocycles. The molecule has 0 spiro atoms. The zero-order valence-electron chi connectivity index (χ0n) is 10.0. The first-order valence-electron chi connectivity index (χ1n) is 5.92. The van der Waals surface area contributed by atoms with E-state index < -0.39 is 0 Å². The standard InChI is InChI=1S/C16H14O2/c17-15(13-8-4-1-2-5-9-13)12-16(18)14-10-6-3-7-11-14/h1-4,6-11H,5,12H2. The average molecular weight is 238 g/mol. The van der Waals surface area contributed by atoms with E-state index in [1.807, 2.05) is 30.4 Å². The molecule has 0 N–H and O–H groups in total. The Kier molecular flexibility index (Phi) is 4.02. The van der Waals surface area contributed by atoms with E-state index in [1.54, 1.807) is 30.3 Å². The second-order valence-electron chi connectivity index (χ2n) is 4.07. The first-order chi connectivity index (χ1) is 8.77. The van der Waals surface area contributed by atoms with Crippen LogP contribution >= 0.6 is 0 Å². The molecular weight excluding hydrogens is 224 g/mol. The second-order valence-corrected chi connectivity index (χ2v) is 4.07. The van der Waals surface area contributed by atoms with Crippen LogP contribution in [-0.4, -0.2) is 11.6 Å². The average Bonchev–Trinajstić information content (AvgIpc) is 2.68. The zero-order chi connectivity index (χ0) is 12.8. The quantitative estimate of drug-likeness (QED) is 0.596. The van der Waals surface area contributed by atoms with E-state index in [4.69, 9.17) is 0 Å². The molecule has 1 aliphatic carbocycles. The number of hydrogen-bond donors (Lipinski definition) is 0. The molecule has 2 rings (SSSR count). The Bertz CT molecular complexity index is 533. The molecule has 0 amide bonds. The minimum atomic E-state index is -0.132. The first-order valence-corrected chi connectivity index (χ1v) is 5.92. The molecule has 1 aromatic rings. The van der Waals surface area contributed by atoms with Crippen LogP contribution < -0.4 is 0 Å². The molecule has 0 saturated heterocycles. The summed E-state index contributed by atoms with van der Waals surface area (Å²) in [5.74, 6) is -0.254. The van der Waals surface area contributed by atoms with E-state index in [1.165, 1.54) is 0 Å². The fourth-order valence-corrected chi connectivity index (χ4v) is 1.76. The van der Waals surface area contributed by atoms with Crippen LogP contribution in [0.1, 0.15) is 23.2 Å². The van der Waals surface area contributed by atoms with E-state index in [9.17, 15) is 9.59 Å². The minimum Gasteiger partial charge on any atom is -0.294 e. The van der Waals surface area contributed by atoms with E-state index in [0.29, 0.717) is 11.1 Å². The van der Waals surface area contributed by atoms with Crippen molar-refractivity contribution in [3.8, 4) is 0 Å². The van der Waals surface area contributed by atoms with Gasteiger partial charge in [0, 0.05) is 11.1 Å². The molecule has 18 heavy (non-hydrogen) atoms. The fraction of sp³-hybridized carbons (Fsp3) is 0.125. The van der Waals surface area contributed by atoms with Gasteiger partial charge >= 0.3 is 0 Å². The van der Waals surface area contributed by atoms with Gasteiger partial charge in [-0.25, -0.2) is 0 Å². The molecular formula is C16H14O2. The van der Waals surface area contributed by atoms with Gasteiger partial charge in [0.05, 0.1) is 6.42 Å². The zero-order valence-corrected chi connectivity index (χ0v) is 10.0. The maximum Gasteiger partial charge on any atom is 0.170 e. The van der Waals surface area contributed by atoms with Crippen LogP contribution in [0.15, 0.2) is 66.3 Å². The molecule has 1 aliphatic rings. The highest BCUT2D eigenvalue weighted by molar-refractivity contribution is 6.14. The summed E-state index contributed by atoms with van der Waals surface area (Å²) < 4.78 is 0. The number of benzene rings is 1. The number of allylic oxidation sites excluding steroid dienone is 6. The molecule has 1 aromatic carbocycles. The van der Waals surface area contributed by atoms with Gasteiger partial charge in [-0.2, -0.15) is 0 Å². The van der Waals surface area contributed by atoms with Crippen molar-refractivity contribution < 1.29 is 9.59 Å². The van der Waals surface area contributed by atoms with Crippen molar-refractivity contribution >= 4 is 11.6 Å². The summed E-state index contributed by atoms with van der Waals surface area (Å²) >= 11 is 0. The third-order valence-electron chi connectivity index (χ3n) is 2.74. The maximum absolute atomic E-state index is 12.0. The Morgan fingerprint density at radius 3 is 2.56 bits per heavy atom. The Morgan fingerprint density at radius 2 is 1.78 bits per heavy atom. The Balaban J connectivity index is 2.04. The normalized spacial score (nSPS) is 13.9. The highest BCUT2D eigenvalue weighted by Gasteiger charge is 2.13. The van der Waals surface area contributed by atoms with E-state index >= 15 is 0 Å². The lowest BCUT2D eigenvalue weighted by Gasteiger charge is -2.01. The molecule has 0 radical (unpaired) electrons. The van der Waals surface area contributed by atoms with Gasteiger partial charge in [-0.3, -0.25) is 9.59 Å². The molecule has 0 aliphatic heterocycles. The van der Waals surface area contributed by atoms with Crippen molar-refractivity contribution in [2.75, 3.05) is 0 Å². The molecule has 2 heteroatoms. The van der Waals surface area contributed by atoms with Crippen LogP contribution in [0.25, 0.3) is 0 Å². The highest BCUT2D eigenvalue weighted by atomic mass is 16.1. The number of rotatable bonds is 4. The van der Waals surface area contributed by atoms with Crippen molar-refractivity contribution in [2.24, 2.45) is 0 Å². The molecule has 0 atom stereocenters. The lowest BCUT2D eigenvalue weighted by Crippen LogP contribution is -2.09. The largest absolute Gasteiger partial charge is 0.294 e. The van der Waals surface area contributed by atoms with Gasteiger partial charge in [0.25, 0.3) is 0 Å². The van der Waals surface area contributed by atoms with Crippen molar-refractivity contribution in [3.63, 3.8) is 0 Å². The van der Waals surface area contributed by atoms with Crippen molar-refractivity contribution in [1.29, 1.82) is 0 Å². The number of carbonyl (C=O) groups excluding carboxylic acids is 2. The first kappa shape index (κ1) is 12.2. The van der Waals surface area contributed by atoms with Crippen LogP contribution in [0, 0.1) is 0 Å². The summed E-state index contributed by atoms with van der Waals surface area (Å²) in [5.41, 5.74) is 1.20. The molecule has 0 bridgehead atoms. The third kappa shape index (κ3) is 3.14. The van der Waals surface area contributed by atoms with Gasteiger partial charge in [-0.15, -0.1) is 0 Å². The van der Waals surface area contributed by atoms with Gasteiger partial charge in [-0.05, 0) is 6.42 Å². The number of hydrogen-bond acceptors (Lipinski definition) is 2. The number of carbonyl (C=O) groups is 2. The Hall–Kier alpha value is -2.22. The van der Waals surface area contributed by atoms with Crippen molar-refractivity contribution in [1.82, 2.24) is 0 Å². The Morgan fingerprint density at radius 1 is 1.00 bits per heavy atom. The monoisotopic (exact) mass is 238 g/mol. The predicted octanol–water partition coefficient (Wildman–Crippen LogP) is 3.27. The van der Waals surface area contributed by atoms with Gasteiger partial charge < -0.3 is 0 Å². The molecule has 0 heterocycles.